The maximum Gasteiger partial charge on any atom is 0.260 e. The van der Waals surface area contributed by atoms with Crippen LogP contribution >= 0.6 is 0 Å². The van der Waals surface area contributed by atoms with Crippen LogP contribution in [0.2, 0.25) is 0 Å². The molecule has 18 heavy (non-hydrogen) atoms. The van der Waals surface area contributed by atoms with E-state index in [1.165, 1.54) is 0 Å². The van der Waals surface area contributed by atoms with Crippen molar-refractivity contribution in [3.8, 4) is 5.88 Å². The van der Waals surface area contributed by atoms with Gasteiger partial charge in [0.15, 0.2) is 0 Å². The maximum absolute atomic E-state index is 5.67. The first-order valence-corrected chi connectivity index (χ1v) is 5.96. The lowest BCUT2D eigenvalue weighted by Crippen LogP contribution is -2.41. The Morgan fingerprint density at radius 3 is 3.33 bits per heavy atom. The van der Waals surface area contributed by atoms with Crippen LogP contribution in [0, 0.1) is 6.92 Å². The van der Waals surface area contributed by atoms with Crippen LogP contribution in [-0.2, 0) is 4.74 Å². The topological polar surface area (TPSA) is 73.6 Å². The van der Waals surface area contributed by atoms with Gasteiger partial charge in [0.1, 0.15) is 18.5 Å². The molecular formula is C11H15N5O2. The van der Waals surface area contributed by atoms with Crippen molar-refractivity contribution in [3.05, 3.63) is 18.2 Å². The van der Waals surface area contributed by atoms with Crippen LogP contribution in [0.1, 0.15) is 5.82 Å². The first kappa shape index (κ1) is 11.4. The van der Waals surface area contributed by atoms with Crippen LogP contribution in [0.4, 0.5) is 0 Å². The van der Waals surface area contributed by atoms with Crippen molar-refractivity contribution in [2.75, 3.05) is 26.3 Å². The van der Waals surface area contributed by atoms with Crippen molar-refractivity contribution >= 4 is 5.65 Å². The summed E-state index contributed by atoms with van der Waals surface area (Å²) in [5, 5.41) is 11.3. The fraction of sp³-hybridized carbons (Fsp3) is 0.545. The van der Waals surface area contributed by atoms with E-state index in [-0.39, 0.29) is 6.10 Å². The molecule has 1 aliphatic heterocycles. The normalized spacial score (nSPS) is 20.2. The quantitative estimate of drug-likeness (QED) is 0.812. The summed E-state index contributed by atoms with van der Waals surface area (Å²) in [4.78, 5) is 4.18. The van der Waals surface area contributed by atoms with Gasteiger partial charge < -0.3 is 14.8 Å². The standard InChI is InChI=1S/C11H15N5O2/c1-8-14-15-10-11(13-2-4-16(8)10)18-7-9-6-12-3-5-17-9/h2,4,9,12H,3,5-7H2,1H3. The van der Waals surface area contributed by atoms with Gasteiger partial charge in [-0.1, -0.05) is 0 Å². The molecule has 0 aromatic carbocycles. The molecule has 0 aliphatic carbocycles. The van der Waals surface area contributed by atoms with Crippen molar-refractivity contribution in [1.82, 2.24) is 24.9 Å². The SMILES string of the molecule is Cc1nnc2c(OCC3CNCCO3)nccn12. The largest absolute Gasteiger partial charge is 0.472 e. The molecule has 1 saturated heterocycles. The highest BCUT2D eigenvalue weighted by Gasteiger charge is 2.16. The second-order valence-corrected chi connectivity index (χ2v) is 4.18. The smallest absolute Gasteiger partial charge is 0.260 e. The van der Waals surface area contributed by atoms with E-state index in [4.69, 9.17) is 9.47 Å². The lowest BCUT2D eigenvalue weighted by molar-refractivity contribution is -0.000515. The number of hydrogen-bond donors (Lipinski definition) is 1. The van der Waals surface area contributed by atoms with Gasteiger partial charge in [-0.05, 0) is 6.92 Å². The van der Waals surface area contributed by atoms with E-state index in [0.717, 1.165) is 25.5 Å². The summed E-state index contributed by atoms with van der Waals surface area (Å²) in [6.07, 6.45) is 3.55. The molecule has 1 atom stereocenters. The van der Waals surface area contributed by atoms with Crippen molar-refractivity contribution in [3.63, 3.8) is 0 Å². The number of fused-ring (bicyclic) bond motifs is 1. The van der Waals surface area contributed by atoms with E-state index in [1.54, 1.807) is 6.20 Å². The zero-order valence-corrected chi connectivity index (χ0v) is 10.2. The Morgan fingerprint density at radius 2 is 2.50 bits per heavy atom. The Labute approximate surface area is 104 Å². The van der Waals surface area contributed by atoms with E-state index >= 15 is 0 Å². The lowest BCUT2D eigenvalue weighted by atomic mass is 10.3. The van der Waals surface area contributed by atoms with Crippen LogP contribution in [0.15, 0.2) is 12.4 Å². The summed E-state index contributed by atoms with van der Waals surface area (Å²) in [6.45, 7) is 4.77. The molecule has 2 aromatic rings. The molecule has 96 valence electrons. The summed E-state index contributed by atoms with van der Waals surface area (Å²) >= 11 is 0. The second-order valence-electron chi connectivity index (χ2n) is 4.18. The van der Waals surface area contributed by atoms with Gasteiger partial charge in [-0.15, -0.1) is 10.2 Å². The molecule has 1 aliphatic rings. The van der Waals surface area contributed by atoms with Crippen molar-refractivity contribution < 1.29 is 9.47 Å². The number of nitrogens with one attached hydrogen (secondary N) is 1. The number of morpholine rings is 1. The van der Waals surface area contributed by atoms with E-state index in [9.17, 15) is 0 Å². The molecular weight excluding hydrogens is 234 g/mol. The third kappa shape index (κ3) is 2.14. The van der Waals surface area contributed by atoms with Crippen molar-refractivity contribution in [2.45, 2.75) is 13.0 Å². The summed E-state index contributed by atoms with van der Waals surface area (Å²) < 4.78 is 13.1. The molecule has 2 aromatic heterocycles. The van der Waals surface area contributed by atoms with Crippen LogP contribution in [0.5, 0.6) is 5.88 Å². The van der Waals surface area contributed by atoms with Crippen LogP contribution < -0.4 is 10.1 Å². The highest BCUT2D eigenvalue weighted by atomic mass is 16.5. The average Bonchev–Trinajstić information content (AvgIpc) is 2.80. The zero-order chi connectivity index (χ0) is 12.4. The third-order valence-electron chi connectivity index (χ3n) is 2.88. The van der Waals surface area contributed by atoms with Crippen molar-refractivity contribution in [1.29, 1.82) is 0 Å². The van der Waals surface area contributed by atoms with Crippen molar-refractivity contribution in [2.24, 2.45) is 0 Å². The van der Waals surface area contributed by atoms with E-state index in [2.05, 4.69) is 20.5 Å². The van der Waals surface area contributed by atoms with Gasteiger partial charge in [0.05, 0.1) is 6.61 Å². The molecule has 3 heterocycles. The minimum absolute atomic E-state index is 0.0600. The predicted octanol–water partition coefficient (Wildman–Crippen LogP) is -0.200. The highest BCUT2D eigenvalue weighted by Crippen LogP contribution is 2.15. The van der Waals surface area contributed by atoms with Crippen LogP contribution in [-0.4, -0.2) is 52.0 Å². The molecule has 0 bridgehead atoms. The Bertz CT molecular complexity index is 535. The van der Waals surface area contributed by atoms with E-state index in [0.29, 0.717) is 18.1 Å². The molecule has 0 saturated carbocycles. The number of ether oxygens (including phenoxy) is 2. The Hall–Kier alpha value is -1.73. The zero-order valence-electron chi connectivity index (χ0n) is 10.2. The van der Waals surface area contributed by atoms with Crippen LogP contribution in [0.3, 0.4) is 0 Å². The van der Waals surface area contributed by atoms with Gasteiger partial charge in [-0.2, -0.15) is 0 Å². The monoisotopic (exact) mass is 249 g/mol. The second kappa shape index (κ2) is 4.87. The number of hydrogen-bond acceptors (Lipinski definition) is 6. The van der Waals surface area contributed by atoms with Gasteiger partial charge in [0.2, 0.25) is 5.65 Å². The summed E-state index contributed by atoms with van der Waals surface area (Å²) in [6, 6.07) is 0. The molecule has 7 heteroatoms. The average molecular weight is 249 g/mol. The Morgan fingerprint density at radius 1 is 1.56 bits per heavy atom. The van der Waals surface area contributed by atoms with Gasteiger partial charge in [-0.25, -0.2) is 4.98 Å². The predicted molar refractivity (Wildman–Crippen MR) is 63.6 cm³/mol. The lowest BCUT2D eigenvalue weighted by Gasteiger charge is -2.23. The number of aryl methyl sites for hydroxylation is 1. The molecule has 1 N–H and O–H groups in total. The van der Waals surface area contributed by atoms with E-state index in [1.807, 2.05) is 17.5 Å². The highest BCUT2D eigenvalue weighted by molar-refractivity contribution is 5.48. The minimum atomic E-state index is 0.0600. The molecule has 1 unspecified atom stereocenters. The Balaban J connectivity index is 1.74. The molecule has 7 nitrogen and oxygen atoms in total. The number of aromatic nitrogens is 4. The molecule has 3 rings (SSSR count). The molecule has 0 spiro atoms. The van der Waals surface area contributed by atoms with Gasteiger partial charge in [0, 0.05) is 25.5 Å². The molecule has 0 radical (unpaired) electrons. The number of rotatable bonds is 3. The van der Waals surface area contributed by atoms with Gasteiger partial charge in [0.25, 0.3) is 5.88 Å². The summed E-state index contributed by atoms with van der Waals surface area (Å²) in [7, 11) is 0. The third-order valence-corrected chi connectivity index (χ3v) is 2.88. The minimum Gasteiger partial charge on any atom is -0.472 e. The molecule has 1 fully saturated rings. The van der Waals surface area contributed by atoms with Crippen LogP contribution in [0.25, 0.3) is 5.65 Å². The first-order valence-electron chi connectivity index (χ1n) is 5.96. The van der Waals surface area contributed by atoms with E-state index < -0.39 is 0 Å². The summed E-state index contributed by atoms with van der Waals surface area (Å²) in [5.41, 5.74) is 0.638. The van der Waals surface area contributed by atoms with Gasteiger partial charge >= 0.3 is 0 Å². The fourth-order valence-electron chi connectivity index (χ4n) is 1.92. The molecule has 0 amide bonds. The summed E-state index contributed by atoms with van der Waals surface area (Å²) in [5.74, 6) is 1.31. The number of nitrogens with zero attached hydrogens (tertiary/aromatic N) is 4. The first-order chi connectivity index (χ1) is 8.84. The maximum atomic E-state index is 5.67. The fourth-order valence-corrected chi connectivity index (χ4v) is 1.92. The Kier molecular flexibility index (Phi) is 3.07. The van der Waals surface area contributed by atoms with Gasteiger partial charge in [-0.3, -0.25) is 4.40 Å².